The fourth-order valence-corrected chi connectivity index (χ4v) is 10.4. The molecular weight excluding hydrogens is 1040 g/mol. The Morgan fingerprint density at radius 1 is 0.821 bits per heavy atom. The largest absolute Gasteiger partial charge is 0.453 e. The molecule has 18 nitrogen and oxygen atoms in total. The molecule has 2 bridgehead atoms. The number of amides is 4. The van der Waals surface area contributed by atoms with Gasteiger partial charge in [0.25, 0.3) is 0 Å². The van der Waals surface area contributed by atoms with E-state index in [9.17, 15) is 37.5 Å². The summed E-state index contributed by atoms with van der Waals surface area (Å²) >= 11 is 0. The first-order valence-electron chi connectivity index (χ1n) is 25.3. The van der Waals surface area contributed by atoms with Crippen molar-refractivity contribution in [2.45, 2.75) is 120 Å². The molecular formula is C52H62F8N10O8. The molecule has 5 heterocycles. The average Bonchev–Trinajstić information content (AvgIpc) is 3.94. The van der Waals surface area contributed by atoms with E-state index >= 15 is 22.0 Å². The second-order valence-electron chi connectivity index (χ2n) is 21.2. The molecule has 4 aromatic rings. The summed E-state index contributed by atoms with van der Waals surface area (Å²) in [6.45, 7) is 3.56. The number of nitrogens with zero attached hydrogens (tertiary/aromatic N) is 5. The van der Waals surface area contributed by atoms with Gasteiger partial charge < -0.3 is 51.2 Å². The van der Waals surface area contributed by atoms with E-state index in [1.54, 1.807) is 16.9 Å². The zero-order valence-corrected chi connectivity index (χ0v) is 43.3. The number of likely N-dealkylation sites (tertiary alicyclic amines) is 1. The summed E-state index contributed by atoms with van der Waals surface area (Å²) < 4.78 is 137. The third-order valence-corrected chi connectivity index (χ3v) is 15.5. The van der Waals surface area contributed by atoms with E-state index in [0.717, 1.165) is 52.5 Å². The Morgan fingerprint density at radius 3 is 2.00 bits per heavy atom. The van der Waals surface area contributed by atoms with Gasteiger partial charge in [-0.2, -0.15) is 31.4 Å². The SMILES string of the molecule is COC(=O)N[C@H](C(=O)N[C@@H](Cc1ccc(-c2cnc(N3C[C@H]4C[C@@H]3CN4C3COC3)cc2CC(C)([C@H](NC(=O)OC)C(N)=O)C(F)(F)F)cc1)[C@@H](O)CNCc1c(F)cc(-c2ccn(C3CC3)n2)cc1F)C(C)(C)C(F)(F)F. The van der Waals surface area contributed by atoms with E-state index in [4.69, 9.17) is 15.5 Å². The fraction of sp³-hybridized carbons (Fsp3) is 0.538. The number of hydrogen-bond acceptors (Lipinski definition) is 13. The highest BCUT2D eigenvalue weighted by atomic mass is 19.4. The number of benzene rings is 2. The lowest BCUT2D eigenvalue weighted by atomic mass is 9.74. The van der Waals surface area contributed by atoms with Gasteiger partial charge in [0.2, 0.25) is 11.8 Å². The molecule has 7 atom stereocenters. The Balaban J connectivity index is 1.08. The molecule has 4 amide bonds. The predicted molar refractivity (Wildman–Crippen MR) is 265 cm³/mol. The third-order valence-electron chi connectivity index (χ3n) is 15.5. The minimum Gasteiger partial charge on any atom is -0.453 e. The molecule has 3 saturated heterocycles. The lowest BCUT2D eigenvalue weighted by molar-refractivity contribution is -0.226. The van der Waals surface area contributed by atoms with Gasteiger partial charge in [-0.15, -0.1) is 0 Å². The van der Waals surface area contributed by atoms with Crippen LogP contribution < -0.4 is 31.9 Å². The number of aromatic nitrogens is 3. The molecule has 2 aromatic carbocycles. The maximum Gasteiger partial charge on any atom is 0.407 e. The lowest BCUT2D eigenvalue weighted by Crippen LogP contribution is -2.62. The van der Waals surface area contributed by atoms with Gasteiger partial charge in [-0.05, 0) is 93.8 Å². The van der Waals surface area contributed by atoms with Crippen LogP contribution in [0.2, 0.25) is 0 Å². The van der Waals surface area contributed by atoms with Crippen molar-refractivity contribution < 1.29 is 73.6 Å². The highest BCUT2D eigenvalue weighted by molar-refractivity contribution is 5.87. The van der Waals surface area contributed by atoms with E-state index in [1.165, 1.54) is 36.5 Å². The number of halogens is 8. The highest BCUT2D eigenvalue weighted by Gasteiger charge is 2.59. The smallest absolute Gasteiger partial charge is 0.407 e. The Labute approximate surface area is 443 Å². The maximum atomic E-state index is 15.5. The van der Waals surface area contributed by atoms with Crippen molar-refractivity contribution >= 4 is 29.8 Å². The van der Waals surface area contributed by atoms with Crippen LogP contribution in [-0.2, 0) is 43.2 Å². The number of aliphatic hydroxyl groups excluding tert-OH is 1. The van der Waals surface area contributed by atoms with E-state index in [1.807, 2.05) is 15.5 Å². The predicted octanol–water partition coefficient (Wildman–Crippen LogP) is 5.70. The number of alkyl halides is 6. The summed E-state index contributed by atoms with van der Waals surface area (Å²) in [5.41, 5.74) is 0.618. The normalized spacial score (nSPS) is 20.3. The van der Waals surface area contributed by atoms with Gasteiger partial charge >= 0.3 is 24.5 Å². The Bertz CT molecular complexity index is 2820. The van der Waals surface area contributed by atoms with E-state index < -0.39 is 108 Å². The molecule has 0 spiro atoms. The van der Waals surface area contributed by atoms with Crippen molar-refractivity contribution in [3.63, 3.8) is 0 Å². The first-order chi connectivity index (χ1) is 36.7. The molecule has 78 heavy (non-hydrogen) atoms. The van der Waals surface area contributed by atoms with Crippen LogP contribution in [0.5, 0.6) is 0 Å². The molecule has 26 heteroatoms. The number of piperazine rings is 1. The number of nitrogens with two attached hydrogens (primary N) is 1. The molecule has 1 saturated carbocycles. The number of rotatable bonds is 21. The number of fused-ring (bicyclic) bond motifs is 2. The summed E-state index contributed by atoms with van der Waals surface area (Å²) in [7, 11) is 1.80. The van der Waals surface area contributed by atoms with Crippen molar-refractivity contribution in [3.05, 3.63) is 89.2 Å². The molecule has 7 N–H and O–H groups in total. The van der Waals surface area contributed by atoms with Crippen molar-refractivity contribution in [3.8, 4) is 22.4 Å². The van der Waals surface area contributed by atoms with Crippen LogP contribution in [0, 0.1) is 22.5 Å². The monoisotopic (exact) mass is 1110 g/mol. The topological polar surface area (TPSA) is 228 Å². The second-order valence-corrected chi connectivity index (χ2v) is 21.2. The van der Waals surface area contributed by atoms with Crippen LogP contribution in [-0.4, -0.2) is 151 Å². The number of carbonyl (C=O) groups excluding carboxylic acids is 4. The van der Waals surface area contributed by atoms with E-state index in [-0.39, 0.29) is 47.3 Å². The van der Waals surface area contributed by atoms with Gasteiger partial charge in [-0.1, -0.05) is 24.3 Å². The second kappa shape index (κ2) is 22.6. The zero-order valence-electron chi connectivity index (χ0n) is 43.3. The summed E-state index contributed by atoms with van der Waals surface area (Å²) in [6.07, 6.45) is -10.0. The summed E-state index contributed by atoms with van der Waals surface area (Å²) in [5, 5.41) is 25.1. The molecule has 4 aliphatic rings. The number of nitrogens with one attached hydrogen (secondary N) is 4. The number of hydrogen-bond donors (Lipinski definition) is 6. The number of primary amides is 1. The van der Waals surface area contributed by atoms with Gasteiger partial charge in [0.1, 0.15) is 29.5 Å². The number of methoxy groups -OCH3 is 2. The van der Waals surface area contributed by atoms with Crippen molar-refractivity contribution in [1.82, 2.24) is 40.9 Å². The van der Waals surface area contributed by atoms with Crippen molar-refractivity contribution in [1.29, 1.82) is 0 Å². The first kappa shape index (κ1) is 57.5. The van der Waals surface area contributed by atoms with Crippen LogP contribution in [0.3, 0.4) is 0 Å². The number of anilines is 1. The molecule has 4 fully saturated rings. The van der Waals surface area contributed by atoms with Crippen molar-refractivity contribution in [2.24, 2.45) is 16.6 Å². The molecule has 3 aliphatic heterocycles. The van der Waals surface area contributed by atoms with Gasteiger partial charge in [0.05, 0.1) is 68.2 Å². The quantitative estimate of drug-likeness (QED) is 0.0552. The van der Waals surface area contributed by atoms with E-state index in [0.29, 0.717) is 62.8 Å². The first-order valence-corrected chi connectivity index (χ1v) is 25.3. The molecule has 0 radical (unpaired) electrons. The van der Waals surface area contributed by atoms with Crippen LogP contribution in [0.15, 0.2) is 60.9 Å². The molecule has 8 rings (SSSR count). The summed E-state index contributed by atoms with van der Waals surface area (Å²) in [6, 6.07) is 5.89. The van der Waals surface area contributed by atoms with Gasteiger partial charge in [-0.25, -0.2) is 23.4 Å². The van der Waals surface area contributed by atoms with E-state index in [2.05, 4.69) is 30.1 Å². The Morgan fingerprint density at radius 2 is 1.46 bits per heavy atom. The lowest BCUT2D eigenvalue weighted by Gasteiger charge is -2.42. The fourth-order valence-electron chi connectivity index (χ4n) is 10.4. The van der Waals surface area contributed by atoms with Gasteiger partial charge in [0, 0.05) is 67.3 Å². The summed E-state index contributed by atoms with van der Waals surface area (Å²) in [4.78, 5) is 60.5. The molecule has 424 valence electrons. The minimum absolute atomic E-state index is 0.0123. The number of ether oxygens (including phenoxy) is 3. The minimum atomic E-state index is -5.15. The maximum absolute atomic E-state index is 15.5. The average molecular weight is 1110 g/mol. The Kier molecular flexibility index (Phi) is 16.7. The van der Waals surface area contributed by atoms with Crippen molar-refractivity contribution in [2.75, 3.05) is 52.0 Å². The Hall–Kier alpha value is -6.64. The standard InChI is InChI=1S/C52H62F8N10O8/c1-49(2,51(55,56)57)44(66-48(75)77-5)46(73)64-40(41(71)22-62-20-36-37(53)15-29(16-38(36)54)39-12-13-70(67-39)31-10-11-31)14-27-6-8-28(9-7-27)35-21-63-42(69-24-32-18-33(69)23-68(32)34-25-78-26-34)17-30(35)19-50(3,52(58,59)60)43(45(61)72)65-47(74)76-4/h6-9,12-13,15-17,21,31-34,40-41,43-44,62,71H,10-11,14,18-20,22-26H2,1-5H3,(H2,61,72)(H,64,73)(H,65,74)(H,66,75)/t32-,33-,40+,41+,43-,44-,50?/m1/s1. The molecule has 1 unspecified atom stereocenters. The van der Waals surface area contributed by atoms with Crippen LogP contribution in [0.25, 0.3) is 22.4 Å². The number of aliphatic hydroxyl groups is 1. The van der Waals surface area contributed by atoms with Gasteiger partial charge in [-0.3, -0.25) is 19.2 Å². The number of alkyl carbamates (subject to hydrolysis) is 2. The van der Waals surface area contributed by atoms with Gasteiger partial charge in [0.15, 0.2) is 0 Å². The number of pyridine rings is 1. The zero-order chi connectivity index (χ0) is 56.6. The van der Waals surface area contributed by atoms with Crippen LogP contribution in [0.1, 0.15) is 62.8 Å². The molecule has 1 aliphatic carbocycles. The highest BCUT2D eigenvalue weighted by Crippen LogP contribution is 2.47. The van der Waals surface area contributed by atoms with Crippen LogP contribution >= 0.6 is 0 Å². The number of carbonyl (C=O) groups is 4. The third kappa shape index (κ3) is 12.1. The summed E-state index contributed by atoms with van der Waals surface area (Å²) in [5.74, 6) is -4.35. The molecule has 2 aromatic heterocycles. The van der Waals surface area contributed by atoms with Crippen LogP contribution in [0.4, 0.5) is 50.5 Å².